The van der Waals surface area contributed by atoms with Crippen molar-refractivity contribution >= 4 is 21.4 Å². The summed E-state index contributed by atoms with van der Waals surface area (Å²) in [6.07, 6.45) is 4.15. The van der Waals surface area contributed by atoms with Crippen LogP contribution in [0.3, 0.4) is 0 Å². The second-order valence-electron chi connectivity index (χ2n) is 9.50. The zero-order valence-corrected chi connectivity index (χ0v) is 22.3. The third kappa shape index (κ3) is 4.14. The van der Waals surface area contributed by atoms with Crippen LogP contribution in [0.15, 0.2) is 46.3 Å². The van der Waals surface area contributed by atoms with E-state index in [4.69, 9.17) is 11.6 Å². The fourth-order valence-corrected chi connectivity index (χ4v) is 5.90. The lowest BCUT2D eigenvalue weighted by Crippen LogP contribution is -2.24. The SMILES string of the molecule is Cc1cnc(-c2cccc(S(C)(=O)=O)c2F)c(F)c1-n1c(C)cc([C@H]2C[C@@H]2c2cnn(C)c2F)c(Cl)c1=O. The van der Waals surface area contributed by atoms with E-state index in [1.807, 2.05) is 0 Å². The van der Waals surface area contributed by atoms with Crippen LogP contribution in [0.4, 0.5) is 13.2 Å². The van der Waals surface area contributed by atoms with Gasteiger partial charge in [-0.05, 0) is 61.4 Å². The lowest BCUT2D eigenvalue weighted by Gasteiger charge is -2.18. The minimum Gasteiger partial charge on any atom is -0.277 e. The molecule has 3 aromatic heterocycles. The molecule has 1 aliphatic carbocycles. The highest BCUT2D eigenvalue weighted by Crippen LogP contribution is 2.56. The highest BCUT2D eigenvalue weighted by Gasteiger charge is 2.44. The lowest BCUT2D eigenvalue weighted by atomic mass is 10.0. The third-order valence-electron chi connectivity index (χ3n) is 6.86. The van der Waals surface area contributed by atoms with Gasteiger partial charge in [0.15, 0.2) is 21.5 Å². The number of aryl methyl sites for hydroxylation is 3. The van der Waals surface area contributed by atoms with Crippen molar-refractivity contribution in [3.8, 4) is 16.9 Å². The number of halogens is 4. The van der Waals surface area contributed by atoms with Crippen molar-refractivity contribution in [3.05, 3.63) is 92.0 Å². The first-order chi connectivity index (χ1) is 17.8. The van der Waals surface area contributed by atoms with Crippen molar-refractivity contribution in [3.63, 3.8) is 0 Å². The van der Waals surface area contributed by atoms with Crippen molar-refractivity contribution in [2.45, 2.75) is 37.0 Å². The van der Waals surface area contributed by atoms with Crippen LogP contribution in [-0.2, 0) is 16.9 Å². The van der Waals surface area contributed by atoms with Gasteiger partial charge < -0.3 is 0 Å². The van der Waals surface area contributed by atoms with Gasteiger partial charge in [-0.25, -0.2) is 21.9 Å². The maximum absolute atomic E-state index is 16.0. The fourth-order valence-electron chi connectivity index (χ4n) is 4.86. The van der Waals surface area contributed by atoms with Crippen molar-refractivity contribution in [1.82, 2.24) is 19.3 Å². The van der Waals surface area contributed by atoms with E-state index in [0.717, 1.165) is 21.6 Å². The van der Waals surface area contributed by atoms with Gasteiger partial charge in [0, 0.05) is 36.3 Å². The molecule has 3 heterocycles. The summed E-state index contributed by atoms with van der Waals surface area (Å²) in [5.74, 6) is -2.99. The Morgan fingerprint density at radius 2 is 1.74 bits per heavy atom. The lowest BCUT2D eigenvalue weighted by molar-refractivity contribution is 0.495. The normalized spacial score (nSPS) is 17.2. The van der Waals surface area contributed by atoms with Gasteiger partial charge in [0.1, 0.15) is 15.6 Å². The van der Waals surface area contributed by atoms with E-state index in [9.17, 15) is 17.6 Å². The fraction of sp³-hybridized carbons (Fsp3) is 0.269. The van der Waals surface area contributed by atoms with Crippen LogP contribution in [0, 0.1) is 31.4 Å². The summed E-state index contributed by atoms with van der Waals surface area (Å²) in [6.45, 7) is 3.14. The van der Waals surface area contributed by atoms with Gasteiger partial charge in [0.25, 0.3) is 5.56 Å². The highest BCUT2D eigenvalue weighted by molar-refractivity contribution is 7.90. The van der Waals surface area contributed by atoms with E-state index < -0.39 is 43.6 Å². The summed E-state index contributed by atoms with van der Waals surface area (Å²) in [4.78, 5) is 16.9. The molecular weight excluding hydrogens is 541 g/mol. The number of hydrogen-bond donors (Lipinski definition) is 0. The monoisotopic (exact) mass is 562 g/mol. The molecule has 0 unspecified atom stereocenters. The molecule has 0 aliphatic heterocycles. The van der Waals surface area contributed by atoms with Gasteiger partial charge in [-0.1, -0.05) is 17.7 Å². The van der Waals surface area contributed by atoms with Gasteiger partial charge in [-0.2, -0.15) is 9.49 Å². The Bertz CT molecular complexity index is 1800. The number of hydrogen-bond acceptors (Lipinski definition) is 5. The maximum Gasteiger partial charge on any atom is 0.274 e. The predicted octanol–water partition coefficient (Wildman–Crippen LogP) is 5.00. The number of aromatic nitrogens is 4. The second-order valence-corrected chi connectivity index (χ2v) is 11.9. The van der Waals surface area contributed by atoms with E-state index in [-0.39, 0.29) is 33.7 Å². The second kappa shape index (κ2) is 9.09. The molecule has 0 N–H and O–H groups in total. The predicted molar refractivity (Wildman–Crippen MR) is 136 cm³/mol. The third-order valence-corrected chi connectivity index (χ3v) is 8.36. The standard InChI is InChI=1S/C26H22ClF3N4O3S/c1-12-10-31-23(14-6-5-7-19(21(14)28)38(4,36)37)22(29)24(12)34-13(2)8-17(20(27)26(34)35)15-9-16(15)18-11-32-33(3)25(18)30/h5-8,10-11,15-16H,9H2,1-4H3/t15-,16-/m0/s1. The van der Waals surface area contributed by atoms with Gasteiger partial charge in [0.05, 0.1) is 11.9 Å². The molecule has 1 fully saturated rings. The van der Waals surface area contributed by atoms with Gasteiger partial charge in [-0.3, -0.25) is 14.3 Å². The number of benzene rings is 1. The molecule has 198 valence electrons. The molecule has 0 amide bonds. The van der Waals surface area contributed by atoms with E-state index in [1.165, 1.54) is 38.5 Å². The zero-order chi connectivity index (χ0) is 27.7. The summed E-state index contributed by atoms with van der Waals surface area (Å²) in [5, 5.41) is 3.80. The Kier molecular flexibility index (Phi) is 6.26. The molecule has 0 saturated heterocycles. The molecule has 0 spiro atoms. The van der Waals surface area contributed by atoms with Gasteiger partial charge in [-0.15, -0.1) is 0 Å². The summed E-state index contributed by atoms with van der Waals surface area (Å²) in [5.41, 5.74) is -0.0803. The van der Waals surface area contributed by atoms with Crippen molar-refractivity contribution in [2.75, 3.05) is 6.26 Å². The van der Waals surface area contributed by atoms with Gasteiger partial charge >= 0.3 is 0 Å². The maximum atomic E-state index is 16.0. The average Bonchev–Trinajstić information content (AvgIpc) is 3.56. The zero-order valence-electron chi connectivity index (χ0n) is 20.8. The van der Waals surface area contributed by atoms with Crippen molar-refractivity contribution in [2.24, 2.45) is 7.05 Å². The topological polar surface area (TPSA) is 86.8 Å². The molecule has 1 aliphatic rings. The first kappa shape index (κ1) is 26.2. The van der Waals surface area contributed by atoms with E-state index in [1.54, 1.807) is 13.0 Å². The quantitative estimate of drug-likeness (QED) is 0.342. The molecule has 38 heavy (non-hydrogen) atoms. The number of nitrogens with zero attached hydrogens (tertiary/aromatic N) is 4. The van der Waals surface area contributed by atoms with Gasteiger partial charge in [0.2, 0.25) is 5.95 Å². The number of rotatable bonds is 5. The Labute approximate surface area is 221 Å². The van der Waals surface area contributed by atoms with E-state index >= 15 is 8.78 Å². The highest BCUT2D eigenvalue weighted by atomic mass is 35.5. The van der Waals surface area contributed by atoms with Crippen LogP contribution in [0.2, 0.25) is 5.02 Å². The van der Waals surface area contributed by atoms with Crippen molar-refractivity contribution in [1.29, 1.82) is 0 Å². The smallest absolute Gasteiger partial charge is 0.274 e. The summed E-state index contributed by atoms with van der Waals surface area (Å²) < 4.78 is 71.7. The number of sulfone groups is 1. The Morgan fingerprint density at radius 1 is 1.05 bits per heavy atom. The summed E-state index contributed by atoms with van der Waals surface area (Å²) in [7, 11) is -2.43. The van der Waals surface area contributed by atoms with Crippen LogP contribution in [0.5, 0.6) is 0 Å². The molecule has 0 bridgehead atoms. The molecule has 7 nitrogen and oxygen atoms in total. The summed E-state index contributed by atoms with van der Waals surface area (Å²) in [6, 6.07) is 5.24. The molecule has 0 radical (unpaired) electrons. The first-order valence-corrected chi connectivity index (χ1v) is 13.8. The van der Waals surface area contributed by atoms with Crippen LogP contribution >= 0.6 is 11.6 Å². The number of pyridine rings is 2. The van der Waals surface area contributed by atoms with E-state index in [0.29, 0.717) is 23.2 Å². The average molecular weight is 563 g/mol. The summed E-state index contributed by atoms with van der Waals surface area (Å²) >= 11 is 6.50. The van der Waals surface area contributed by atoms with Crippen LogP contribution in [0.1, 0.15) is 40.6 Å². The molecule has 12 heteroatoms. The Morgan fingerprint density at radius 3 is 2.37 bits per heavy atom. The molecular formula is C26H22ClF3N4O3S. The minimum atomic E-state index is -3.93. The first-order valence-electron chi connectivity index (χ1n) is 11.6. The Hall–Kier alpha value is -3.44. The molecule has 1 aromatic carbocycles. The Balaban J connectivity index is 1.63. The van der Waals surface area contributed by atoms with Crippen LogP contribution < -0.4 is 5.56 Å². The molecule has 2 atom stereocenters. The largest absolute Gasteiger partial charge is 0.277 e. The van der Waals surface area contributed by atoms with Crippen LogP contribution in [0.25, 0.3) is 16.9 Å². The molecule has 4 aromatic rings. The minimum absolute atomic E-state index is 0.130. The van der Waals surface area contributed by atoms with Crippen LogP contribution in [-0.4, -0.2) is 34.0 Å². The molecule has 1 saturated carbocycles. The molecule has 5 rings (SSSR count). The van der Waals surface area contributed by atoms with E-state index in [2.05, 4.69) is 10.1 Å². The van der Waals surface area contributed by atoms with Crippen molar-refractivity contribution < 1.29 is 21.6 Å².